The van der Waals surface area contributed by atoms with Crippen molar-refractivity contribution in [3.63, 3.8) is 0 Å². The molecule has 0 aliphatic carbocycles. The van der Waals surface area contributed by atoms with Crippen LogP contribution in [0.25, 0.3) is 0 Å². The van der Waals surface area contributed by atoms with E-state index < -0.39 is 6.10 Å². The molecule has 2 heterocycles. The Morgan fingerprint density at radius 1 is 1.36 bits per heavy atom. The number of carbonyl (C=O) groups excluding carboxylic acids is 1. The molecule has 1 N–H and O–H groups in total. The largest absolute Gasteiger partial charge is 0.387 e. The van der Waals surface area contributed by atoms with Gasteiger partial charge in [-0.3, -0.25) is 14.4 Å². The van der Waals surface area contributed by atoms with Crippen molar-refractivity contribution in [2.75, 3.05) is 24.5 Å². The van der Waals surface area contributed by atoms with Gasteiger partial charge in [-0.15, -0.1) is 0 Å². The summed E-state index contributed by atoms with van der Waals surface area (Å²) < 4.78 is 1.70. The third-order valence-electron chi connectivity index (χ3n) is 4.90. The maximum Gasteiger partial charge on any atom is 0.244 e. The van der Waals surface area contributed by atoms with Crippen molar-refractivity contribution in [1.29, 1.82) is 0 Å². The Hall–Kier alpha value is -2.18. The predicted molar refractivity (Wildman–Crippen MR) is 97.4 cm³/mol. The van der Waals surface area contributed by atoms with Gasteiger partial charge in [0.1, 0.15) is 0 Å². The fraction of sp³-hybridized carbons (Fsp3) is 0.474. The molecule has 0 saturated carbocycles. The zero-order valence-electron chi connectivity index (χ0n) is 15.1. The molecule has 1 aliphatic rings. The number of benzene rings is 1. The zero-order chi connectivity index (χ0) is 18.0. The van der Waals surface area contributed by atoms with Gasteiger partial charge in [-0.1, -0.05) is 36.8 Å². The molecule has 1 fully saturated rings. The van der Waals surface area contributed by atoms with E-state index in [-0.39, 0.29) is 11.9 Å². The van der Waals surface area contributed by atoms with Crippen LogP contribution < -0.4 is 4.90 Å². The molecule has 0 radical (unpaired) electrons. The van der Waals surface area contributed by atoms with E-state index in [0.29, 0.717) is 13.1 Å². The molecule has 0 bridgehead atoms. The summed E-state index contributed by atoms with van der Waals surface area (Å²) >= 11 is 0. The minimum atomic E-state index is -0.596. The first-order chi connectivity index (χ1) is 12.0. The summed E-state index contributed by atoms with van der Waals surface area (Å²) in [6.45, 7) is 5.92. The van der Waals surface area contributed by atoms with Crippen LogP contribution in [0.4, 0.5) is 5.69 Å². The standard InChI is InChI=1S/C19H26N4O2/c1-4-22(13-18(24)15-7-5-14(2)6-8-15)17-9-10-23(19(17)25)16-11-20-21(3)12-16/h5-8,11-12,17-18,24H,4,9-10,13H2,1-3H3. The van der Waals surface area contributed by atoms with Crippen LogP contribution in [0.5, 0.6) is 0 Å². The molecule has 134 valence electrons. The number of aliphatic hydroxyl groups excluding tert-OH is 1. The van der Waals surface area contributed by atoms with Crippen LogP contribution in [0.2, 0.25) is 0 Å². The first-order valence-corrected chi connectivity index (χ1v) is 8.78. The lowest BCUT2D eigenvalue weighted by Gasteiger charge is -2.28. The molecular weight excluding hydrogens is 316 g/mol. The molecular formula is C19H26N4O2. The molecule has 2 aromatic rings. The minimum Gasteiger partial charge on any atom is -0.387 e. The molecule has 0 spiro atoms. The van der Waals surface area contributed by atoms with Gasteiger partial charge in [0.05, 0.1) is 24.0 Å². The van der Waals surface area contributed by atoms with Crippen LogP contribution in [0.15, 0.2) is 36.7 Å². The number of hydrogen-bond acceptors (Lipinski definition) is 4. The van der Waals surface area contributed by atoms with Crippen LogP contribution >= 0.6 is 0 Å². The Morgan fingerprint density at radius 2 is 2.08 bits per heavy atom. The van der Waals surface area contributed by atoms with Crippen molar-refractivity contribution < 1.29 is 9.90 Å². The number of carbonyl (C=O) groups is 1. The summed E-state index contributed by atoms with van der Waals surface area (Å²) in [5.74, 6) is 0.0888. The molecule has 3 rings (SSSR count). The van der Waals surface area contributed by atoms with Gasteiger partial charge in [0, 0.05) is 26.3 Å². The summed E-state index contributed by atoms with van der Waals surface area (Å²) in [6, 6.07) is 7.71. The Labute approximate surface area is 148 Å². The third kappa shape index (κ3) is 3.75. The fourth-order valence-corrected chi connectivity index (χ4v) is 3.40. The predicted octanol–water partition coefficient (Wildman–Crippen LogP) is 1.89. The molecule has 1 amide bonds. The van der Waals surface area contributed by atoms with Gasteiger partial charge in [-0.2, -0.15) is 5.10 Å². The highest BCUT2D eigenvalue weighted by Crippen LogP contribution is 2.25. The second kappa shape index (κ2) is 7.37. The molecule has 1 aromatic carbocycles. The van der Waals surface area contributed by atoms with E-state index >= 15 is 0 Å². The van der Waals surface area contributed by atoms with E-state index in [1.807, 2.05) is 51.4 Å². The summed E-state index contributed by atoms with van der Waals surface area (Å²) in [6.07, 6.45) is 3.75. The number of hydrogen-bond donors (Lipinski definition) is 1. The lowest BCUT2D eigenvalue weighted by atomic mass is 10.1. The Bertz CT molecular complexity index is 725. The summed E-state index contributed by atoms with van der Waals surface area (Å²) in [5.41, 5.74) is 2.89. The monoisotopic (exact) mass is 342 g/mol. The molecule has 2 unspecified atom stereocenters. The SMILES string of the molecule is CCN(CC(O)c1ccc(C)cc1)C1CCN(c2cnn(C)c2)C1=O. The molecule has 1 saturated heterocycles. The van der Waals surface area contributed by atoms with E-state index in [9.17, 15) is 9.90 Å². The van der Waals surface area contributed by atoms with E-state index in [0.717, 1.165) is 24.2 Å². The van der Waals surface area contributed by atoms with E-state index in [1.54, 1.807) is 15.8 Å². The van der Waals surface area contributed by atoms with Crippen molar-refractivity contribution in [3.05, 3.63) is 47.8 Å². The van der Waals surface area contributed by atoms with Gasteiger partial charge in [-0.05, 0) is 25.5 Å². The number of anilines is 1. The third-order valence-corrected chi connectivity index (χ3v) is 4.90. The number of rotatable bonds is 6. The van der Waals surface area contributed by atoms with Gasteiger partial charge < -0.3 is 10.0 Å². The van der Waals surface area contributed by atoms with Gasteiger partial charge >= 0.3 is 0 Å². The molecule has 25 heavy (non-hydrogen) atoms. The highest BCUT2D eigenvalue weighted by Gasteiger charge is 2.37. The topological polar surface area (TPSA) is 61.6 Å². The number of aryl methyl sites for hydroxylation is 2. The quantitative estimate of drug-likeness (QED) is 0.871. The number of likely N-dealkylation sites (N-methyl/N-ethyl adjacent to an activating group) is 1. The fourth-order valence-electron chi connectivity index (χ4n) is 3.40. The number of amides is 1. The lowest BCUT2D eigenvalue weighted by molar-refractivity contribution is -0.122. The van der Waals surface area contributed by atoms with Crippen molar-refractivity contribution in [2.45, 2.75) is 32.4 Å². The number of nitrogens with zero attached hydrogens (tertiary/aromatic N) is 4. The van der Waals surface area contributed by atoms with Gasteiger partial charge in [0.2, 0.25) is 5.91 Å². The molecule has 2 atom stereocenters. The van der Waals surface area contributed by atoms with Crippen LogP contribution in [0.1, 0.15) is 30.6 Å². The Balaban J connectivity index is 1.68. The molecule has 6 heteroatoms. The van der Waals surface area contributed by atoms with Crippen LogP contribution in [-0.2, 0) is 11.8 Å². The van der Waals surface area contributed by atoms with Crippen molar-refractivity contribution >= 4 is 11.6 Å². The van der Waals surface area contributed by atoms with Crippen molar-refractivity contribution in [2.24, 2.45) is 7.05 Å². The molecule has 6 nitrogen and oxygen atoms in total. The first-order valence-electron chi connectivity index (χ1n) is 8.78. The smallest absolute Gasteiger partial charge is 0.244 e. The Kier molecular flexibility index (Phi) is 5.20. The van der Waals surface area contributed by atoms with Crippen LogP contribution in [0, 0.1) is 6.92 Å². The summed E-state index contributed by atoms with van der Waals surface area (Å²) in [4.78, 5) is 16.7. The minimum absolute atomic E-state index is 0.0888. The Morgan fingerprint density at radius 3 is 2.68 bits per heavy atom. The number of aliphatic hydroxyl groups is 1. The van der Waals surface area contributed by atoms with Crippen LogP contribution in [-0.4, -0.2) is 51.4 Å². The number of aromatic nitrogens is 2. The van der Waals surface area contributed by atoms with E-state index in [4.69, 9.17) is 0 Å². The lowest BCUT2D eigenvalue weighted by Crippen LogP contribution is -2.43. The van der Waals surface area contributed by atoms with Gasteiger partial charge in [0.25, 0.3) is 0 Å². The van der Waals surface area contributed by atoms with E-state index in [1.165, 1.54) is 5.56 Å². The molecule has 1 aromatic heterocycles. The van der Waals surface area contributed by atoms with Crippen LogP contribution in [0.3, 0.4) is 0 Å². The normalized spacial score (nSPS) is 19.0. The zero-order valence-corrected chi connectivity index (χ0v) is 15.1. The highest BCUT2D eigenvalue weighted by atomic mass is 16.3. The van der Waals surface area contributed by atoms with Gasteiger partial charge in [-0.25, -0.2) is 0 Å². The first kappa shape index (κ1) is 17.6. The summed E-state index contributed by atoms with van der Waals surface area (Å²) in [7, 11) is 1.85. The van der Waals surface area contributed by atoms with Crippen molar-refractivity contribution in [1.82, 2.24) is 14.7 Å². The second-order valence-electron chi connectivity index (χ2n) is 6.68. The maximum absolute atomic E-state index is 12.8. The maximum atomic E-state index is 12.8. The van der Waals surface area contributed by atoms with E-state index in [2.05, 4.69) is 10.00 Å². The molecule has 1 aliphatic heterocycles. The average Bonchev–Trinajstić information content (AvgIpc) is 3.19. The highest BCUT2D eigenvalue weighted by molar-refractivity contribution is 5.99. The summed E-state index contributed by atoms with van der Waals surface area (Å²) in [5, 5.41) is 14.7. The van der Waals surface area contributed by atoms with Gasteiger partial charge in [0.15, 0.2) is 0 Å². The average molecular weight is 342 g/mol. The second-order valence-corrected chi connectivity index (χ2v) is 6.68. The van der Waals surface area contributed by atoms with Crippen molar-refractivity contribution in [3.8, 4) is 0 Å².